The zero-order valence-electron chi connectivity index (χ0n) is 15.3. The van der Waals surface area contributed by atoms with Crippen LogP contribution in [0.4, 0.5) is 0 Å². The lowest BCUT2D eigenvalue weighted by Gasteiger charge is -2.18. The van der Waals surface area contributed by atoms with Gasteiger partial charge in [0.2, 0.25) is 5.91 Å². The van der Waals surface area contributed by atoms with Gasteiger partial charge in [-0.15, -0.1) is 0 Å². The molecule has 0 radical (unpaired) electrons. The Morgan fingerprint density at radius 1 is 1.19 bits per heavy atom. The Labute approximate surface area is 157 Å². The average Bonchev–Trinajstić information content (AvgIpc) is 2.70. The second kappa shape index (κ2) is 8.31. The molecule has 0 spiro atoms. The number of H-pyrrole nitrogens is 1. The summed E-state index contributed by atoms with van der Waals surface area (Å²) < 4.78 is 5.12. The predicted octanol–water partition coefficient (Wildman–Crippen LogP) is 2.99. The maximum Gasteiger partial charge on any atom is 0.258 e. The minimum absolute atomic E-state index is 0.149. The zero-order chi connectivity index (χ0) is 19.2. The topological polar surface area (TPSA) is 75.3 Å². The molecular weight excluding hydrogens is 342 g/mol. The number of rotatable bonds is 6. The molecule has 0 fully saturated rings. The molecule has 6 heteroatoms. The van der Waals surface area contributed by atoms with Crippen molar-refractivity contribution in [1.29, 1.82) is 0 Å². The molecule has 1 N–H and O–H groups in total. The summed E-state index contributed by atoms with van der Waals surface area (Å²) in [6, 6.07) is 14.6. The van der Waals surface area contributed by atoms with E-state index in [0.717, 1.165) is 11.3 Å². The lowest BCUT2D eigenvalue weighted by molar-refractivity contribution is -0.126. The minimum atomic E-state index is -0.201. The Hall–Kier alpha value is -3.41. The number of aromatic amines is 1. The molecular formula is C21H21N3O3. The van der Waals surface area contributed by atoms with E-state index in [0.29, 0.717) is 23.3 Å². The predicted molar refractivity (Wildman–Crippen MR) is 105 cm³/mol. The van der Waals surface area contributed by atoms with E-state index >= 15 is 0 Å². The SMILES string of the molecule is CCN(Cc1nc2ccccc2c(=O)[nH]1)C(=O)/C=C/c1ccc(OC)cc1. The van der Waals surface area contributed by atoms with Crippen LogP contribution in [0.2, 0.25) is 0 Å². The van der Waals surface area contributed by atoms with Crippen molar-refractivity contribution in [3.05, 3.63) is 76.3 Å². The largest absolute Gasteiger partial charge is 0.497 e. The first-order valence-corrected chi connectivity index (χ1v) is 8.69. The quantitative estimate of drug-likeness (QED) is 0.683. The first-order valence-electron chi connectivity index (χ1n) is 8.69. The Kier molecular flexibility index (Phi) is 5.66. The molecule has 3 rings (SSSR count). The fraction of sp³-hybridized carbons (Fsp3) is 0.190. The normalized spacial score (nSPS) is 11.0. The molecule has 138 valence electrons. The zero-order valence-corrected chi connectivity index (χ0v) is 15.3. The maximum atomic E-state index is 12.5. The number of carbonyl (C=O) groups is 1. The summed E-state index contributed by atoms with van der Waals surface area (Å²) in [4.78, 5) is 33.5. The van der Waals surface area contributed by atoms with E-state index in [4.69, 9.17) is 4.74 Å². The number of carbonyl (C=O) groups excluding carboxylic acids is 1. The van der Waals surface area contributed by atoms with Crippen molar-refractivity contribution >= 4 is 22.9 Å². The highest BCUT2D eigenvalue weighted by Crippen LogP contribution is 2.13. The van der Waals surface area contributed by atoms with Crippen LogP contribution in [0.25, 0.3) is 17.0 Å². The molecule has 0 saturated heterocycles. The van der Waals surface area contributed by atoms with Gasteiger partial charge in [0, 0.05) is 12.6 Å². The number of likely N-dealkylation sites (N-methyl/N-ethyl adjacent to an activating group) is 1. The van der Waals surface area contributed by atoms with Crippen molar-refractivity contribution in [1.82, 2.24) is 14.9 Å². The summed E-state index contributed by atoms with van der Waals surface area (Å²) in [5.41, 5.74) is 1.32. The fourth-order valence-corrected chi connectivity index (χ4v) is 2.72. The molecule has 2 aromatic carbocycles. The molecule has 1 heterocycles. The molecule has 1 amide bonds. The first-order chi connectivity index (χ1) is 13.1. The number of nitrogens with zero attached hydrogens (tertiary/aromatic N) is 2. The van der Waals surface area contributed by atoms with E-state index in [2.05, 4.69) is 9.97 Å². The van der Waals surface area contributed by atoms with Crippen molar-refractivity contribution in [3.63, 3.8) is 0 Å². The van der Waals surface area contributed by atoms with Gasteiger partial charge < -0.3 is 14.6 Å². The number of fused-ring (bicyclic) bond motifs is 1. The fourth-order valence-electron chi connectivity index (χ4n) is 2.72. The monoisotopic (exact) mass is 363 g/mol. The van der Waals surface area contributed by atoms with Gasteiger partial charge in [-0.05, 0) is 42.8 Å². The van der Waals surface area contributed by atoms with Gasteiger partial charge in [-0.2, -0.15) is 0 Å². The van der Waals surface area contributed by atoms with Crippen molar-refractivity contribution in [2.45, 2.75) is 13.5 Å². The Balaban J connectivity index is 1.75. The van der Waals surface area contributed by atoms with Gasteiger partial charge in [0.05, 0.1) is 24.6 Å². The number of nitrogens with one attached hydrogen (secondary N) is 1. The van der Waals surface area contributed by atoms with E-state index in [1.165, 1.54) is 6.08 Å². The third kappa shape index (κ3) is 4.41. The molecule has 0 aliphatic rings. The van der Waals surface area contributed by atoms with Crippen LogP contribution in [-0.2, 0) is 11.3 Å². The molecule has 0 atom stereocenters. The van der Waals surface area contributed by atoms with E-state index in [1.807, 2.05) is 37.3 Å². The number of hydrogen-bond acceptors (Lipinski definition) is 4. The van der Waals surface area contributed by atoms with Gasteiger partial charge in [0.25, 0.3) is 5.56 Å². The van der Waals surface area contributed by atoms with E-state index in [1.54, 1.807) is 36.3 Å². The summed E-state index contributed by atoms with van der Waals surface area (Å²) >= 11 is 0. The van der Waals surface area contributed by atoms with E-state index < -0.39 is 0 Å². The third-order valence-electron chi connectivity index (χ3n) is 4.23. The summed E-state index contributed by atoms with van der Waals surface area (Å²) in [6.07, 6.45) is 3.27. The molecule has 27 heavy (non-hydrogen) atoms. The van der Waals surface area contributed by atoms with E-state index in [-0.39, 0.29) is 18.0 Å². The van der Waals surface area contributed by atoms with Gasteiger partial charge in [0.15, 0.2) is 0 Å². The van der Waals surface area contributed by atoms with E-state index in [9.17, 15) is 9.59 Å². The summed E-state index contributed by atoms with van der Waals surface area (Å²) in [7, 11) is 1.61. The number of methoxy groups -OCH3 is 1. The Morgan fingerprint density at radius 3 is 2.63 bits per heavy atom. The Morgan fingerprint density at radius 2 is 1.93 bits per heavy atom. The van der Waals surface area contributed by atoms with Gasteiger partial charge in [-0.3, -0.25) is 9.59 Å². The van der Waals surface area contributed by atoms with Crippen LogP contribution >= 0.6 is 0 Å². The molecule has 0 unspecified atom stereocenters. The van der Waals surface area contributed by atoms with Crippen LogP contribution in [0, 0.1) is 0 Å². The van der Waals surface area contributed by atoms with Crippen LogP contribution in [0.1, 0.15) is 18.3 Å². The highest BCUT2D eigenvalue weighted by molar-refractivity contribution is 5.91. The highest BCUT2D eigenvalue weighted by Gasteiger charge is 2.12. The first kappa shape index (κ1) is 18.4. The number of ether oxygens (including phenoxy) is 1. The number of benzene rings is 2. The van der Waals surface area contributed by atoms with Gasteiger partial charge in [-0.1, -0.05) is 24.3 Å². The van der Waals surface area contributed by atoms with Crippen molar-refractivity contribution in [2.24, 2.45) is 0 Å². The second-order valence-corrected chi connectivity index (χ2v) is 5.99. The van der Waals surface area contributed by atoms with Crippen molar-refractivity contribution in [2.75, 3.05) is 13.7 Å². The molecule has 6 nitrogen and oxygen atoms in total. The lowest BCUT2D eigenvalue weighted by atomic mass is 10.2. The van der Waals surface area contributed by atoms with Crippen LogP contribution < -0.4 is 10.3 Å². The number of aromatic nitrogens is 2. The molecule has 0 aliphatic heterocycles. The summed E-state index contributed by atoms with van der Waals surface area (Å²) in [6.45, 7) is 2.63. The van der Waals surface area contributed by atoms with Crippen LogP contribution in [0.5, 0.6) is 5.75 Å². The summed E-state index contributed by atoms with van der Waals surface area (Å²) in [5.74, 6) is 1.08. The lowest BCUT2D eigenvalue weighted by Crippen LogP contribution is -2.30. The second-order valence-electron chi connectivity index (χ2n) is 5.99. The Bertz CT molecular complexity index is 1020. The molecule has 0 saturated carbocycles. The molecule has 3 aromatic rings. The van der Waals surface area contributed by atoms with Crippen LogP contribution in [0.15, 0.2) is 59.4 Å². The molecule has 1 aromatic heterocycles. The number of amides is 1. The maximum absolute atomic E-state index is 12.5. The molecule has 0 bridgehead atoms. The molecule has 0 aliphatic carbocycles. The van der Waals surface area contributed by atoms with Crippen molar-refractivity contribution in [3.8, 4) is 5.75 Å². The standard InChI is InChI=1S/C21H21N3O3/c1-3-24(20(25)13-10-15-8-11-16(27-2)12-9-15)14-19-22-18-7-5-4-6-17(18)21(26)23-19/h4-13H,3,14H2,1-2H3,(H,22,23,26)/b13-10+. The number of para-hydroxylation sites is 1. The average molecular weight is 363 g/mol. The number of hydrogen-bond donors (Lipinski definition) is 1. The van der Waals surface area contributed by atoms with Gasteiger partial charge in [0.1, 0.15) is 11.6 Å². The summed E-state index contributed by atoms with van der Waals surface area (Å²) in [5, 5.41) is 0.537. The minimum Gasteiger partial charge on any atom is -0.497 e. The smallest absolute Gasteiger partial charge is 0.258 e. The van der Waals surface area contributed by atoms with Crippen molar-refractivity contribution < 1.29 is 9.53 Å². The van der Waals surface area contributed by atoms with Gasteiger partial charge >= 0.3 is 0 Å². The van der Waals surface area contributed by atoms with Gasteiger partial charge in [-0.25, -0.2) is 4.98 Å². The third-order valence-corrected chi connectivity index (χ3v) is 4.23. The highest BCUT2D eigenvalue weighted by atomic mass is 16.5. The van der Waals surface area contributed by atoms with Crippen LogP contribution in [0.3, 0.4) is 0 Å². The van der Waals surface area contributed by atoms with Crippen LogP contribution in [-0.4, -0.2) is 34.4 Å².